The molecule has 0 saturated carbocycles. The van der Waals surface area contributed by atoms with Crippen molar-refractivity contribution in [3.05, 3.63) is 99.5 Å². The molecular weight excluding hydrogens is 557 g/mol. The van der Waals surface area contributed by atoms with Gasteiger partial charge in [-0.1, -0.05) is 83.4 Å². The normalized spacial score (nSPS) is 12.2. The van der Waals surface area contributed by atoms with E-state index in [4.69, 9.17) is 23.2 Å². The Labute approximate surface area is 240 Å². The van der Waals surface area contributed by atoms with Crippen molar-refractivity contribution in [3.63, 3.8) is 0 Å². The van der Waals surface area contributed by atoms with Crippen LogP contribution in [0, 0.1) is 6.92 Å². The van der Waals surface area contributed by atoms with Gasteiger partial charge >= 0.3 is 0 Å². The third kappa shape index (κ3) is 8.71. The number of halogens is 2. The highest BCUT2D eigenvalue weighted by atomic mass is 35.5. The van der Waals surface area contributed by atoms with Crippen LogP contribution < -0.4 is 9.62 Å². The quantitative estimate of drug-likeness (QED) is 0.331. The summed E-state index contributed by atoms with van der Waals surface area (Å²) in [6.07, 6.45) is 1.24. The average Bonchev–Trinajstić information content (AvgIpc) is 2.85. The molecule has 3 rings (SSSR count). The van der Waals surface area contributed by atoms with Gasteiger partial charge in [0.1, 0.15) is 12.6 Å². The predicted octanol–water partition coefficient (Wildman–Crippen LogP) is 5.23. The first kappa shape index (κ1) is 30.5. The average molecular weight is 591 g/mol. The summed E-state index contributed by atoms with van der Waals surface area (Å²) in [4.78, 5) is 29.0. The van der Waals surface area contributed by atoms with Crippen LogP contribution in [-0.4, -0.2) is 50.0 Å². The number of nitrogens with one attached hydrogen (secondary N) is 1. The standard InChI is InChI=1S/C29H33Cl2N3O4S/c1-20(2)32-29(36)27(16-22-10-6-5-7-11-22)33(18-23-12-8-9-21(3)15-23)28(35)19-34(39(4,37)38)26-17-24(30)13-14-25(26)31/h5-15,17,20,27H,16,18-19H2,1-4H3,(H,32,36). The predicted molar refractivity (Wildman–Crippen MR) is 158 cm³/mol. The van der Waals surface area contributed by atoms with Gasteiger partial charge in [-0.15, -0.1) is 0 Å². The number of nitrogens with zero attached hydrogens (tertiary/aromatic N) is 2. The highest BCUT2D eigenvalue weighted by Gasteiger charge is 2.33. The summed E-state index contributed by atoms with van der Waals surface area (Å²) in [5.41, 5.74) is 2.75. The van der Waals surface area contributed by atoms with Crippen LogP contribution in [0.2, 0.25) is 10.0 Å². The number of hydrogen-bond acceptors (Lipinski definition) is 4. The lowest BCUT2D eigenvalue weighted by atomic mass is 10.0. The van der Waals surface area contributed by atoms with Gasteiger partial charge in [-0.25, -0.2) is 8.42 Å². The fourth-order valence-electron chi connectivity index (χ4n) is 4.21. The van der Waals surface area contributed by atoms with Crippen LogP contribution in [-0.2, 0) is 32.6 Å². The van der Waals surface area contributed by atoms with E-state index >= 15 is 0 Å². The number of amides is 2. The summed E-state index contributed by atoms with van der Waals surface area (Å²) in [7, 11) is -3.95. The third-order valence-corrected chi connectivity index (χ3v) is 7.67. The topological polar surface area (TPSA) is 86.8 Å². The lowest BCUT2D eigenvalue weighted by molar-refractivity contribution is -0.140. The molecule has 1 unspecified atom stereocenters. The molecule has 0 aliphatic carbocycles. The zero-order chi connectivity index (χ0) is 28.7. The van der Waals surface area contributed by atoms with E-state index in [-0.39, 0.29) is 40.6 Å². The Bertz CT molecular complexity index is 1420. The monoisotopic (exact) mass is 589 g/mol. The number of aryl methyl sites for hydroxylation is 1. The fourth-order valence-corrected chi connectivity index (χ4v) is 5.50. The second-order valence-corrected chi connectivity index (χ2v) is 12.5. The highest BCUT2D eigenvalue weighted by Crippen LogP contribution is 2.31. The van der Waals surface area contributed by atoms with Crippen LogP contribution in [0.4, 0.5) is 5.69 Å². The first-order chi connectivity index (χ1) is 18.3. The van der Waals surface area contributed by atoms with E-state index < -0.39 is 28.5 Å². The summed E-state index contributed by atoms with van der Waals surface area (Å²) in [5.74, 6) is -0.889. The van der Waals surface area contributed by atoms with Gasteiger partial charge in [0.25, 0.3) is 0 Å². The van der Waals surface area contributed by atoms with Gasteiger partial charge in [-0.3, -0.25) is 13.9 Å². The first-order valence-electron chi connectivity index (χ1n) is 12.5. The summed E-state index contributed by atoms with van der Waals surface area (Å²) >= 11 is 12.5. The molecule has 0 aromatic heterocycles. The van der Waals surface area contributed by atoms with Crippen LogP contribution >= 0.6 is 23.2 Å². The molecule has 3 aromatic rings. The molecule has 0 aliphatic rings. The molecule has 7 nitrogen and oxygen atoms in total. The summed E-state index contributed by atoms with van der Waals surface area (Å²) in [6.45, 7) is 5.16. The van der Waals surface area contributed by atoms with Crippen molar-refractivity contribution in [2.45, 2.75) is 45.8 Å². The Hall–Kier alpha value is -3.07. The summed E-state index contributed by atoms with van der Waals surface area (Å²) < 4.78 is 26.7. The maximum atomic E-state index is 14.0. The molecule has 2 amide bonds. The largest absolute Gasteiger partial charge is 0.352 e. The Kier molecular flexibility index (Phi) is 10.4. The van der Waals surface area contributed by atoms with Crippen LogP contribution in [0.3, 0.4) is 0 Å². The van der Waals surface area contributed by atoms with Crippen molar-refractivity contribution in [3.8, 4) is 0 Å². The molecule has 0 heterocycles. The van der Waals surface area contributed by atoms with Crippen LogP contribution in [0.5, 0.6) is 0 Å². The minimum Gasteiger partial charge on any atom is -0.352 e. The second-order valence-electron chi connectivity index (χ2n) is 9.74. The summed E-state index contributed by atoms with van der Waals surface area (Å²) in [6, 6.07) is 20.3. The Morgan fingerprint density at radius 3 is 2.21 bits per heavy atom. The van der Waals surface area contributed by atoms with E-state index in [1.54, 1.807) is 0 Å². The molecule has 0 bridgehead atoms. The fraction of sp³-hybridized carbons (Fsp3) is 0.310. The van der Waals surface area contributed by atoms with Gasteiger partial charge in [0, 0.05) is 24.0 Å². The number of benzene rings is 3. The second kappa shape index (κ2) is 13.3. The smallest absolute Gasteiger partial charge is 0.244 e. The molecule has 0 radical (unpaired) electrons. The van der Waals surface area contributed by atoms with Gasteiger partial charge in [-0.2, -0.15) is 0 Å². The van der Waals surface area contributed by atoms with E-state index in [0.717, 1.165) is 27.3 Å². The van der Waals surface area contributed by atoms with Crippen molar-refractivity contribution < 1.29 is 18.0 Å². The molecule has 39 heavy (non-hydrogen) atoms. The molecular formula is C29H33Cl2N3O4S. The molecule has 3 aromatic carbocycles. The van der Waals surface area contributed by atoms with Crippen molar-refractivity contribution in [1.29, 1.82) is 0 Å². The van der Waals surface area contributed by atoms with Crippen molar-refractivity contribution >= 4 is 50.7 Å². The van der Waals surface area contributed by atoms with Gasteiger partial charge in [-0.05, 0) is 50.1 Å². The van der Waals surface area contributed by atoms with Gasteiger partial charge in [0.15, 0.2) is 0 Å². The molecule has 0 saturated heterocycles. The molecule has 1 N–H and O–H groups in total. The number of hydrogen-bond donors (Lipinski definition) is 1. The van der Waals surface area contributed by atoms with Gasteiger partial charge in [0.2, 0.25) is 21.8 Å². The van der Waals surface area contributed by atoms with Crippen LogP contribution in [0.1, 0.15) is 30.5 Å². The zero-order valence-corrected chi connectivity index (χ0v) is 24.7. The number of sulfonamides is 1. The number of carbonyl (C=O) groups excluding carboxylic acids is 2. The van der Waals surface area contributed by atoms with E-state index in [9.17, 15) is 18.0 Å². The van der Waals surface area contributed by atoms with E-state index in [0.29, 0.717) is 0 Å². The maximum Gasteiger partial charge on any atom is 0.244 e. The number of carbonyl (C=O) groups is 2. The van der Waals surface area contributed by atoms with E-state index in [2.05, 4.69) is 5.32 Å². The van der Waals surface area contributed by atoms with Crippen LogP contribution in [0.25, 0.3) is 0 Å². The lowest BCUT2D eigenvalue weighted by Gasteiger charge is -2.34. The maximum absolute atomic E-state index is 14.0. The lowest BCUT2D eigenvalue weighted by Crippen LogP contribution is -2.54. The SMILES string of the molecule is Cc1cccc(CN(C(=O)CN(c2cc(Cl)ccc2Cl)S(C)(=O)=O)C(Cc2ccccc2)C(=O)NC(C)C)c1. The minimum absolute atomic E-state index is 0.0850. The van der Waals surface area contributed by atoms with E-state index in [1.165, 1.54) is 23.1 Å². The first-order valence-corrected chi connectivity index (χ1v) is 15.1. The molecule has 0 aliphatic heterocycles. The molecule has 1 atom stereocenters. The molecule has 10 heteroatoms. The van der Waals surface area contributed by atoms with Gasteiger partial charge < -0.3 is 10.2 Å². The minimum atomic E-state index is -3.95. The highest BCUT2D eigenvalue weighted by molar-refractivity contribution is 7.92. The molecule has 0 spiro atoms. The van der Waals surface area contributed by atoms with Crippen molar-refractivity contribution in [1.82, 2.24) is 10.2 Å². The molecule has 0 fully saturated rings. The Balaban J connectivity index is 2.08. The van der Waals surface area contributed by atoms with E-state index in [1.807, 2.05) is 75.4 Å². The number of rotatable bonds is 11. The Morgan fingerprint density at radius 1 is 0.923 bits per heavy atom. The third-order valence-electron chi connectivity index (χ3n) is 5.99. The van der Waals surface area contributed by atoms with Crippen molar-refractivity contribution in [2.75, 3.05) is 17.1 Å². The van der Waals surface area contributed by atoms with Gasteiger partial charge in [0.05, 0.1) is 17.0 Å². The van der Waals surface area contributed by atoms with Crippen molar-refractivity contribution in [2.24, 2.45) is 0 Å². The van der Waals surface area contributed by atoms with Crippen LogP contribution in [0.15, 0.2) is 72.8 Å². The zero-order valence-electron chi connectivity index (χ0n) is 22.4. The number of anilines is 1. The summed E-state index contributed by atoms with van der Waals surface area (Å²) in [5, 5.41) is 3.32. The molecule has 208 valence electrons. The Morgan fingerprint density at radius 2 is 1.59 bits per heavy atom.